The molecule has 0 atom stereocenters. The molecule has 1 heteroatoms. The Hall–Kier alpha value is -0.0400. The van der Waals surface area contributed by atoms with Crippen LogP contribution in [0.5, 0.6) is 0 Å². The van der Waals surface area contributed by atoms with Crippen LogP contribution in [0.1, 0.15) is 51.9 Å². The second-order valence-electron chi connectivity index (χ2n) is 4.54. The Morgan fingerprint density at radius 1 is 1.09 bits per heavy atom. The summed E-state index contributed by atoms with van der Waals surface area (Å²) in [5.74, 6) is 0. The molecule has 0 unspecified atom stereocenters. The second kappa shape index (κ2) is 2.78. The van der Waals surface area contributed by atoms with Crippen molar-refractivity contribution in [2.24, 2.45) is 0 Å². The van der Waals surface area contributed by atoms with E-state index in [0.29, 0.717) is 5.54 Å². The molecule has 1 nitrogen and oxygen atoms in total. The summed E-state index contributed by atoms with van der Waals surface area (Å²) in [4.78, 5) is 0. The van der Waals surface area contributed by atoms with Crippen molar-refractivity contribution in [2.75, 3.05) is 0 Å². The molecular weight excluding hydrogens is 134 g/mol. The van der Waals surface area contributed by atoms with Crippen molar-refractivity contribution < 1.29 is 0 Å². The van der Waals surface area contributed by atoms with E-state index in [1.165, 1.54) is 44.9 Å². The van der Waals surface area contributed by atoms with Crippen molar-refractivity contribution in [3.05, 3.63) is 0 Å². The van der Waals surface area contributed by atoms with Crippen molar-refractivity contribution in [3.63, 3.8) is 0 Å². The van der Waals surface area contributed by atoms with E-state index in [-0.39, 0.29) is 0 Å². The van der Waals surface area contributed by atoms with Gasteiger partial charge in [0.05, 0.1) is 0 Å². The molecule has 2 aliphatic carbocycles. The molecule has 2 aliphatic rings. The van der Waals surface area contributed by atoms with Crippen molar-refractivity contribution in [3.8, 4) is 0 Å². The molecule has 0 heterocycles. The summed E-state index contributed by atoms with van der Waals surface area (Å²) in [7, 11) is 0. The van der Waals surface area contributed by atoms with Crippen LogP contribution in [-0.2, 0) is 0 Å². The maximum Gasteiger partial charge on any atom is 0.0155 e. The Labute approximate surface area is 69.6 Å². The summed E-state index contributed by atoms with van der Waals surface area (Å²) in [6.07, 6.45) is 10.0. The van der Waals surface area contributed by atoms with Crippen LogP contribution >= 0.6 is 0 Å². The van der Waals surface area contributed by atoms with Gasteiger partial charge >= 0.3 is 0 Å². The van der Waals surface area contributed by atoms with Crippen LogP contribution in [0, 0.1) is 0 Å². The first kappa shape index (κ1) is 7.60. The molecule has 0 saturated heterocycles. The van der Waals surface area contributed by atoms with E-state index in [1.807, 2.05) is 0 Å². The second-order valence-corrected chi connectivity index (χ2v) is 4.54. The van der Waals surface area contributed by atoms with Gasteiger partial charge in [0, 0.05) is 11.6 Å². The summed E-state index contributed by atoms with van der Waals surface area (Å²) in [6.45, 7) is 2.38. The molecule has 0 aromatic heterocycles. The Bertz CT molecular complexity index is 132. The first-order valence-corrected chi connectivity index (χ1v) is 5.06. The molecule has 0 aromatic rings. The lowest BCUT2D eigenvalue weighted by molar-refractivity contribution is 0.186. The fourth-order valence-electron chi connectivity index (χ4n) is 2.41. The summed E-state index contributed by atoms with van der Waals surface area (Å²) in [6, 6.07) is 0.861. The predicted octanol–water partition coefficient (Wildman–Crippen LogP) is 2.46. The van der Waals surface area contributed by atoms with Gasteiger partial charge in [0.15, 0.2) is 0 Å². The molecule has 0 bridgehead atoms. The highest BCUT2D eigenvalue weighted by Gasteiger charge is 2.33. The van der Waals surface area contributed by atoms with Crippen LogP contribution in [0.3, 0.4) is 0 Å². The van der Waals surface area contributed by atoms with E-state index in [4.69, 9.17) is 0 Å². The van der Waals surface area contributed by atoms with Crippen LogP contribution in [0.4, 0.5) is 0 Å². The minimum atomic E-state index is 0.537. The topological polar surface area (TPSA) is 12.0 Å². The minimum Gasteiger partial charge on any atom is -0.309 e. The fraction of sp³-hybridized carbons (Fsp3) is 1.00. The zero-order valence-electron chi connectivity index (χ0n) is 7.53. The molecule has 64 valence electrons. The third kappa shape index (κ3) is 1.58. The number of rotatable bonds is 2. The largest absolute Gasteiger partial charge is 0.309 e. The standard InChI is InChI=1S/C10H19N/c1-10(7-4-8-10)11-9-5-2-3-6-9/h9,11H,2-8H2,1H3. The van der Waals surface area contributed by atoms with Gasteiger partial charge < -0.3 is 5.32 Å². The third-order valence-corrected chi connectivity index (χ3v) is 3.36. The SMILES string of the molecule is CC1(NC2CCCC2)CCC1. The van der Waals surface area contributed by atoms with Crippen LogP contribution < -0.4 is 5.32 Å². The number of hydrogen-bond donors (Lipinski definition) is 1. The van der Waals surface area contributed by atoms with E-state index >= 15 is 0 Å². The molecule has 11 heavy (non-hydrogen) atoms. The summed E-state index contributed by atoms with van der Waals surface area (Å²) in [5, 5.41) is 3.79. The van der Waals surface area contributed by atoms with Crippen molar-refractivity contribution in [1.29, 1.82) is 0 Å². The van der Waals surface area contributed by atoms with Crippen LogP contribution in [0.15, 0.2) is 0 Å². The molecule has 2 rings (SSSR count). The van der Waals surface area contributed by atoms with Gasteiger partial charge in [0.2, 0.25) is 0 Å². The van der Waals surface area contributed by atoms with Gasteiger partial charge in [-0.3, -0.25) is 0 Å². The molecule has 0 aliphatic heterocycles. The third-order valence-electron chi connectivity index (χ3n) is 3.36. The van der Waals surface area contributed by atoms with E-state index in [9.17, 15) is 0 Å². The van der Waals surface area contributed by atoms with Crippen molar-refractivity contribution in [2.45, 2.75) is 63.5 Å². The number of nitrogens with one attached hydrogen (secondary N) is 1. The average molecular weight is 153 g/mol. The van der Waals surface area contributed by atoms with Crippen LogP contribution in [-0.4, -0.2) is 11.6 Å². The van der Waals surface area contributed by atoms with Gasteiger partial charge in [-0.1, -0.05) is 12.8 Å². The van der Waals surface area contributed by atoms with Crippen molar-refractivity contribution >= 4 is 0 Å². The summed E-state index contributed by atoms with van der Waals surface area (Å²) >= 11 is 0. The molecule has 2 fully saturated rings. The van der Waals surface area contributed by atoms with Crippen molar-refractivity contribution in [1.82, 2.24) is 5.32 Å². The fourth-order valence-corrected chi connectivity index (χ4v) is 2.41. The van der Waals surface area contributed by atoms with Gasteiger partial charge in [-0.15, -0.1) is 0 Å². The maximum atomic E-state index is 3.79. The minimum absolute atomic E-state index is 0.537. The van der Waals surface area contributed by atoms with Crippen LogP contribution in [0.2, 0.25) is 0 Å². The Morgan fingerprint density at radius 3 is 2.18 bits per heavy atom. The van der Waals surface area contributed by atoms with E-state index in [1.54, 1.807) is 0 Å². The monoisotopic (exact) mass is 153 g/mol. The maximum absolute atomic E-state index is 3.79. The first-order valence-electron chi connectivity index (χ1n) is 5.06. The van der Waals surface area contributed by atoms with E-state index in [0.717, 1.165) is 6.04 Å². The molecule has 0 amide bonds. The molecular formula is C10H19N. The highest BCUT2D eigenvalue weighted by molar-refractivity contribution is 4.94. The molecule has 2 saturated carbocycles. The van der Waals surface area contributed by atoms with Gasteiger partial charge in [-0.05, 0) is 39.0 Å². The van der Waals surface area contributed by atoms with Gasteiger partial charge in [-0.2, -0.15) is 0 Å². The van der Waals surface area contributed by atoms with Gasteiger partial charge in [-0.25, -0.2) is 0 Å². The quantitative estimate of drug-likeness (QED) is 0.642. The van der Waals surface area contributed by atoms with Gasteiger partial charge in [0.1, 0.15) is 0 Å². The average Bonchev–Trinajstić information content (AvgIpc) is 2.36. The highest BCUT2D eigenvalue weighted by Crippen LogP contribution is 2.33. The lowest BCUT2D eigenvalue weighted by Gasteiger charge is -2.41. The van der Waals surface area contributed by atoms with E-state index in [2.05, 4.69) is 12.2 Å². The normalized spacial score (nSPS) is 30.3. The lowest BCUT2D eigenvalue weighted by Crippen LogP contribution is -2.51. The summed E-state index contributed by atoms with van der Waals surface area (Å²) in [5.41, 5.74) is 0.537. The Morgan fingerprint density at radius 2 is 1.73 bits per heavy atom. The Balaban J connectivity index is 1.79. The predicted molar refractivity (Wildman–Crippen MR) is 47.6 cm³/mol. The first-order chi connectivity index (χ1) is 5.29. The van der Waals surface area contributed by atoms with E-state index < -0.39 is 0 Å². The summed E-state index contributed by atoms with van der Waals surface area (Å²) < 4.78 is 0. The van der Waals surface area contributed by atoms with Crippen LogP contribution in [0.25, 0.3) is 0 Å². The Kier molecular flexibility index (Phi) is 1.92. The zero-order chi connectivity index (χ0) is 7.73. The zero-order valence-corrected chi connectivity index (χ0v) is 7.53. The lowest BCUT2D eigenvalue weighted by atomic mass is 9.78. The molecule has 0 radical (unpaired) electrons. The molecule has 0 spiro atoms. The number of hydrogen-bond acceptors (Lipinski definition) is 1. The highest BCUT2D eigenvalue weighted by atomic mass is 15.0. The molecule has 1 N–H and O–H groups in total. The van der Waals surface area contributed by atoms with Gasteiger partial charge in [0.25, 0.3) is 0 Å². The molecule has 0 aromatic carbocycles. The smallest absolute Gasteiger partial charge is 0.0155 e.